The summed E-state index contributed by atoms with van der Waals surface area (Å²) in [6, 6.07) is 4.30. The zero-order valence-corrected chi connectivity index (χ0v) is 15.2. The number of aromatic nitrogens is 1. The van der Waals surface area contributed by atoms with E-state index in [0.29, 0.717) is 17.5 Å². The van der Waals surface area contributed by atoms with E-state index in [0.717, 1.165) is 6.07 Å². The summed E-state index contributed by atoms with van der Waals surface area (Å²) in [7, 11) is 0. The normalized spacial score (nSPS) is 10.5. The van der Waals surface area contributed by atoms with Gasteiger partial charge in [-0.3, -0.25) is 4.79 Å². The molecule has 2 rings (SSSR count). The third-order valence-electron chi connectivity index (χ3n) is 3.36. The summed E-state index contributed by atoms with van der Waals surface area (Å²) in [5, 5.41) is 6.84. The van der Waals surface area contributed by atoms with Crippen LogP contribution in [0.25, 0.3) is 0 Å². The topological polar surface area (TPSA) is 92.3 Å². The Labute approximate surface area is 159 Å². The van der Waals surface area contributed by atoms with Crippen molar-refractivity contribution in [2.75, 3.05) is 11.9 Å². The minimum Gasteiger partial charge on any atom is -0.475 e. The van der Waals surface area contributed by atoms with Gasteiger partial charge < -0.3 is 20.7 Å². The van der Waals surface area contributed by atoms with Crippen LogP contribution in [0.4, 0.5) is 23.7 Å². The monoisotopic (exact) mass is 396 g/mol. The Hall–Kier alpha value is -3.30. The first-order valence-corrected chi connectivity index (χ1v) is 8.33. The summed E-state index contributed by atoms with van der Waals surface area (Å²) in [6.45, 7) is 3.27. The van der Waals surface area contributed by atoms with Crippen LogP contribution in [0.2, 0.25) is 0 Å². The van der Waals surface area contributed by atoms with Gasteiger partial charge in [0.05, 0.1) is 18.3 Å². The molecule has 0 aliphatic heterocycles. The molecule has 0 aliphatic carbocycles. The lowest BCUT2D eigenvalue weighted by atomic mass is 10.2. The summed E-state index contributed by atoms with van der Waals surface area (Å²) >= 11 is 0. The average Bonchev–Trinajstić information content (AvgIpc) is 2.65. The van der Waals surface area contributed by atoms with E-state index in [2.05, 4.69) is 15.6 Å². The van der Waals surface area contributed by atoms with E-state index in [9.17, 15) is 22.8 Å². The lowest BCUT2D eigenvalue weighted by Crippen LogP contribution is -2.39. The Morgan fingerprint density at radius 3 is 2.57 bits per heavy atom. The van der Waals surface area contributed by atoms with E-state index >= 15 is 0 Å². The number of anilines is 1. The minimum atomic E-state index is -1.70. The molecule has 1 heterocycles. The van der Waals surface area contributed by atoms with Crippen LogP contribution in [0.5, 0.6) is 5.88 Å². The number of benzene rings is 1. The highest BCUT2D eigenvalue weighted by atomic mass is 19.2. The summed E-state index contributed by atoms with van der Waals surface area (Å²) < 4.78 is 45.0. The lowest BCUT2D eigenvalue weighted by molar-refractivity contribution is -0.115. The average molecular weight is 396 g/mol. The van der Waals surface area contributed by atoms with Gasteiger partial charge in [-0.1, -0.05) is 6.07 Å². The van der Waals surface area contributed by atoms with Crippen LogP contribution in [0.15, 0.2) is 30.5 Å². The Balaban J connectivity index is 1.83. The summed E-state index contributed by atoms with van der Waals surface area (Å²) in [6.07, 6.45) is 1.46. The second-order valence-corrected chi connectivity index (χ2v) is 5.94. The van der Waals surface area contributed by atoms with E-state index in [1.54, 1.807) is 18.3 Å². The van der Waals surface area contributed by atoms with Crippen molar-refractivity contribution in [3.63, 3.8) is 0 Å². The Morgan fingerprint density at radius 2 is 1.86 bits per heavy atom. The molecule has 1 aromatic heterocycles. The zero-order valence-electron chi connectivity index (χ0n) is 15.2. The molecule has 0 unspecified atom stereocenters. The maximum absolute atomic E-state index is 13.5. The van der Waals surface area contributed by atoms with E-state index in [1.165, 1.54) is 0 Å². The second kappa shape index (κ2) is 9.58. The first-order valence-electron chi connectivity index (χ1n) is 8.33. The molecule has 28 heavy (non-hydrogen) atoms. The lowest BCUT2D eigenvalue weighted by Gasteiger charge is -2.13. The molecule has 3 amide bonds. The first-order chi connectivity index (χ1) is 13.3. The minimum absolute atomic E-state index is 0.0946. The second-order valence-electron chi connectivity index (χ2n) is 5.94. The van der Waals surface area contributed by atoms with Gasteiger partial charge in [0.2, 0.25) is 11.8 Å². The number of nitrogens with zero attached hydrogens (tertiary/aromatic N) is 1. The molecule has 3 N–H and O–H groups in total. The fourth-order valence-electron chi connectivity index (χ4n) is 2.10. The van der Waals surface area contributed by atoms with Crippen molar-refractivity contribution in [2.24, 2.45) is 0 Å². The number of hydrogen-bond donors (Lipinski definition) is 3. The number of halogens is 3. The van der Waals surface area contributed by atoms with Gasteiger partial charge in [-0.15, -0.1) is 0 Å². The van der Waals surface area contributed by atoms with Crippen LogP contribution >= 0.6 is 0 Å². The number of hydrogen-bond acceptors (Lipinski definition) is 4. The number of rotatable bonds is 7. The van der Waals surface area contributed by atoms with Crippen LogP contribution in [-0.4, -0.2) is 29.6 Å². The number of nitrogens with one attached hydrogen (secondary N) is 3. The molecular weight excluding hydrogens is 377 g/mol. The van der Waals surface area contributed by atoms with Crippen molar-refractivity contribution in [3.05, 3.63) is 53.5 Å². The van der Waals surface area contributed by atoms with Gasteiger partial charge in [-0.25, -0.2) is 22.9 Å². The maximum atomic E-state index is 13.5. The third kappa shape index (κ3) is 5.86. The molecule has 0 radical (unpaired) electrons. The Kier molecular flexibility index (Phi) is 7.19. The zero-order chi connectivity index (χ0) is 20.7. The molecule has 10 heteroatoms. The fraction of sp³-hybridized carbons (Fsp3) is 0.278. The maximum Gasteiger partial charge on any atom is 0.315 e. The number of ether oxygens (including phenoxy) is 1. The smallest absolute Gasteiger partial charge is 0.315 e. The van der Waals surface area contributed by atoms with Crippen LogP contribution in [0.3, 0.4) is 0 Å². The number of urea groups is 1. The van der Waals surface area contributed by atoms with Gasteiger partial charge in [0, 0.05) is 18.3 Å². The van der Waals surface area contributed by atoms with E-state index in [1.807, 2.05) is 19.2 Å². The van der Waals surface area contributed by atoms with E-state index < -0.39 is 41.6 Å². The number of pyridine rings is 1. The van der Waals surface area contributed by atoms with Crippen LogP contribution in [-0.2, 0) is 11.3 Å². The van der Waals surface area contributed by atoms with Crippen molar-refractivity contribution in [2.45, 2.75) is 26.5 Å². The van der Waals surface area contributed by atoms with Crippen molar-refractivity contribution in [1.29, 1.82) is 0 Å². The molecule has 0 aliphatic rings. The number of carbonyl (C=O) groups is 2. The molecule has 2 aromatic rings. The molecule has 1 aromatic carbocycles. The van der Waals surface area contributed by atoms with Gasteiger partial charge in [-0.05, 0) is 32.0 Å². The summed E-state index contributed by atoms with van der Waals surface area (Å²) in [4.78, 5) is 27.7. The Bertz CT molecular complexity index is 862. The van der Waals surface area contributed by atoms with Crippen LogP contribution in [0.1, 0.15) is 19.4 Å². The molecule has 0 saturated heterocycles. The molecule has 0 atom stereocenters. The predicted octanol–water partition coefficient (Wildman–Crippen LogP) is 2.72. The van der Waals surface area contributed by atoms with Crippen molar-refractivity contribution < 1.29 is 27.5 Å². The SMILES string of the molecule is CC(C)Oc1ncccc1CNC(=O)NCC(=O)Nc1ccc(F)c(F)c1F. The largest absolute Gasteiger partial charge is 0.475 e. The quantitative estimate of drug-likeness (QED) is 0.628. The van der Waals surface area contributed by atoms with Crippen molar-refractivity contribution >= 4 is 17.6 Å². The third-order valence-corrected chi connectivity index (χ3v) is 3.36. The summed E-state index contributed by atoms with van der Waals surface area (Å²) in [5.74, 6) is -5.02. The van der Waals surface area contributed by atoms with Gasteiger partial charge in [0.15, 0.2) is 17.5 Å². The van der Waals surface area contributed by atoms with Gasteiger partial charge >= 0.3 is 6.03 Å². The molecular formula is C18H19F3N4O3. The van der Waals surface area contributed by atoms with Crippen LogP contribution in [0, 0.1) is 17.5 Å². The van der Waals surface area contributed by atoms with E-state index in [-0.39, 0.29) is 12.6 Å². The van der Waals surface area contributed by atoms with Crippen molar-refractivity contribution in [3.8, 4) is 5.88 Å². The number of carbonyl (C=O) groups excluding carboxylic acids is 2. The molecule has 150 valence electrons. The standard InChI is InChI=1S/C18H19F3N4O3/c1-10(2)28-17-11(4-3-7-22-17)8-23-18(27)24-9-14(26)25-13-6-5-12(19)15(20)16(13)21/h3-7,10H,8-9H2,1-2H3,(H,25,26)(H2,23,24,27). The van der Waals surface area contributed by atoms with Crippen LogP contribution < -0.4 is 20.7 Å². The van der Waals surface area contributed by atoms with Gasteiger partial charge in [0.25, 0.3) is 0 Å². The Morgan fingerprint density at radius 1 is 1.11 bits per heavy atom. The first kappa shape index (κ1) is 21.0. The predicted molar refractivity (Wildman–Crippen MR) is 95.2 cm³/mol. The summed E-state index contributed by atoms with van der Waals surface area (Å²) in [5.41, 5.74) is 0.108. The van der Waals surface area contributed by atoms with Gasteiger partial charge in [-0.2, -0.15) is 0 Å². The molecule has 0 bridgehead atoms. The van der Waals surface area contributed by atoms with Crippen molar-refractivity contribution in [1.82, 2.24) is 15.6 Å². The molecule has 0 spiro atoms. The highest BCUT2D eigenvalue weighted by Gasteiger charge is 2.15. The van der Waals surface area contributed by atoms with Gasteiger partial charge in [0.1, 0.15) is 0 Å². The highest BCUT2D eigenvalue weighted by Crippen LogP contribution is 2.19. The molecule has 7 nitrogen and oxygen atoms in total. The molecule has 0 fully saturated rings. The number of amides is 3. The van der Waals surface area contributed by atoms with E-state index in [4.69, 9.17) is 4.74 Å². The highest BCUT2D eigenvalue weighted by molar-refractivity contribution is 5.94. The molecule has 0 saturated carbocycles. The fourth-order valence-corrected chi connectivity index (χ4v) is 2.10.